The van der Waals surface area contributed by atoms with E-state index in [1.807, 2.05) is 25.1 Å². The molecule has 0 saturated carbocycles. The fourth-order valence-electron chi connectivity index (χ4n) is 2.47. The number of nitrogens with zero attached hydrogens (tertiary/aromatic N) is 2. The first-order chi connectivity index (χ1) is 9.72. The zero-order chi connectivity index (χ0) is 13.9. The summed E-state index contributed by atoms with van der Waals surface area (Å²) in [5.74, 6) is 0.317. The lowest BCUT2D eigenvalue weighted by atomic mass is 10.1. The number of hydrogen-bond donors (Lipinski definition) is 1. The molecule has 20 heavy (non-hydrogen) atoms. The number of rotatable bonds is 3. The van der Waals surface area contributed by atoms with Gasteiger partial charge in [0, 0.05) is 24.2 Å². The van der Waals surface area contributed by atoms with Crippen molar-refractivity contribution in [3.05, 3.63) is 45.9 Å². The van der Waals surface area contributed by atoms with E-state index >= 15 is 0 Å². The van der Waals surface area contributed by atoms with Crippen molar-refractivity contribution in [2.75, 3.05) is 19.8 Å². The Kier molecular flexibility index (Phi) is 4.00. The predicted molar refractivity (Wildman–Crippen MR) is 78.9 cm³/mol. The summed E-state index contributed by atoms with van der Waals surface area (Å²) >= 11 is 1.69. The molecule has 1 N–H and O–H groups in total. The second kappa shape index (κ2) is 5.91. The number of aromatic nitrogens is 1. The molecule has 1 unspecified atom stereocenters. The molecular weight excluding hydrogens is 272 g/mol. The number of phenols is 1. The molecule has 1 aromatic carbocycles. The minimum Gasteiger partial charge on any atom is -0.508 e. The van der Waals surface area contributed by atoms with E-state index in [9.17, 15) is 5.11 Å². The number of aryl methyl sites for hydroxylation is 1. The minimum atomic E-state index is 0.213. The highest BCUT2D eigenvalue weighted by Crippen LogP contribution is 2.28. The zero-order valence-electron chi connectivity index (χ0n) is 11.5. The summed E-state index contributed by atoms with van der Waals surface area (Å²) in [5.41, 5.74) is 2.18. The highest BCUT2D eigenvalue weighted by Gasteiger charge is 2.26. The van der Waals surface area contributed by atoms with Gasteiger partial charge in [0.2, 0.25) is 0 Å². The van der Waals surface area contributed by atoms with Crippen molar-refractivity contribution in [3.63, 3.8) is 0 Å². The predicted octanol–water partition coefficient (Wildman–Crippen LogP) is 2.73. The Morgan fingerprint density at radius 3 is 3.15 bits per heavy atom. The lowest BCUT2D eigenvalue weighted by Crippen LogP contribution is -2.38. The molecule has 2 aromatic rings. The van der Waals surface area contributed by atoms with Crippen molar-refractivity contribution >= 4 is 11.3 Å². The highest BCUT2D eigenvalue weighted by molar-refractivity contribution is 7.09. The first kappa shape index (κ1) is 13.5. The standard InChI is InChI=1S/C15H18N2O2S/c1-11-10-20-15(16-11)14-9-19-6-5-17(14)8-12-3-2-4-13(18)7-12/h2-4,7,10,14,18H,5-6,8-9H2,1H3. The third-order valence-corrected chi connectivity index (χ3v) is 4.52. The fraction of sp³-hybridized carbons (Fsp3) is 0.400. The molecule has 1 aromatic heterocycles. The topological polar surface area (TPSA) is 45.6 Å². The van der Waals surface area contributed by atoms with Crippen LogP contribution in [0.25, 0.3) is 0 Å². The van der Waals surface area contributed by atoms with Crippen molar-refractivity contribution in [3.8, 4) is 5.75 Å². The molecule has 0 amide bonds. The van der Waals surface area contributed by atoms with Gasteiger partial charge in [-0.05, 0) is 24.6 Å². The maximum atomic E-state index is 9.58. The van der Waals surface area contributed by atoms with Gasteiger partial charge < -0.3 is 9.84 Å². The molecular formula is C15H18N2O2S. The van der Waals surface area contributed by atoms with Crippen LogP contribution in [0.1, 0.15) is 22.3 Å². The van der Waals surface area contributed by atoms with Crippen molar-refractivity contribution in [1.29, 1.82) is 0 Å². The molecule has 3 rings (SSSR count). The summed E-state index contributed by atoms with van der Waals surface area (Å²) in [6.45, 7) is 5.15. The molecule has 4 nitrogen and oxygen atoms in total. The minimum absolute atomic E-state index is 0.213. The lowest BCUT2D eigenvalue weighted by molar-refractivity contribution is -0.0128. The van der Waals surface area contributed by atoms with Gasteiger partial charge in [-0.2, -0.15) is 0 Å². The number of thiazole rings is 1. The van der Waals surface area contributed by atoms with Crippen LogP contribution < -0.4 is 0 Å². The third-order valence-electron chi connectivity index (χ3n) is 3.46. The van der Waals surface area contributed by atoms with E-state index < -0.39 is 0 Å². The molecule has 0 bridgehead atoms. The average Bonchev–Trinajstić information content (AvgIpc) is 2.86. The van der Waals surface area contributed by atoms with Gasteiger partial charge in [-0.15, -0.1) is 11.3 Å². The lowest BCUT2D eigenvalue weighted by Gasteiger charge is -2.34. The van der Waals surface area contributed by atoms with Crippen molar-refractivity contribution < 1.29 is 9.84 Å². The second-order valence-corrected chi connectivity index (χ2v) is 5.95. The number of benzene rings is 1. The number of ether oxygens (including phenoxy) is 1. The molecule has 1 atom stereocenters. The Balaban J connectivity index is 1.79. The monoisotopic (exact) mass is 290 g/mol. The van der Waals surface area contributed by atoms with E-state index in [-0.39, 0.29) is 6.04 Å². The molecule has 1 aliphatic heterocycles. The van der Waals surface area contributed by atoms with Gasteiger partial charge in [0.25, 0.3) is 0 Å². The smallest absolute Gasteiger partial charge is 0.115 e. The molecule has 0 aliphatic carbocycles. The molecule has 1 aliphatic rings. The summed E-state index contributed by atoms with van der Waals surface area (Å²) < 4.78 is 5.61. The van der Waals surface area contributed by atoms with Gasteiger partial charge in [-0.1, -0.05) is 12.1 Å². The maximum absolute atomic E-state index is 9.58. The van der Waals surface area contributed by atoms with Crippen LogP contribution in [0.2, 0.25) is 0 Å². The summed E-state index contributed by atoms with van der Waals surface area (Å²) in [7, 11) is 0. The van der Waals surface area contributed by atoms with Gasteiger partial charge in [0.05, 0.1) is 19.3 Å². The van der Waals surface area contributed by atoms with Crippen LogP contribution in [0.3, 0.4) is 0 Å². The van der Waals surface area contributed by atoms with Crippen LogP contribution in [-0.4, -0.2) is 34.7 Å². The Labute approximate surface area is 122 Å². The first-order valence-corrected chi connectivity index (χ1v) is 7.62. The Bertz CT molecular complexity index is 585. The van der Waals surface area contributed by atoms with E-state index in [1.165, 1.54) is 0 Å². The Morgan fingerprint density at radius 1 is 1.50 bits per heavy atom. The van der Waals surface area contributed by atoms with Crippen LogP contribution in [0.15, 0.2) is 29.6 Å². The van der Waals surface area contributed by atoms with Crippen LogP contribution in [0.5, 0.6) is 5.75 Å². The zero-order valence-corrected chi connectivity index (χ0v) is 12.3. The van der Waals surface area contributed by atoms with Crippen molar-refractivity contribution in [2.24, 2.45) is 0 Å². The molecule has 1 fully saturated rings. The third kappa shape index (κ3) is 3.00. The van der Waals surface area contributed by atoms with Crippen molar-refractivity contribution in [1.82, 2.24) is 9.88 Å². The average molecular weight is 290 g/mol. The van der Waals surface area contributed by atoms with Gasteiger partial charge in [0.15, 0.2) is 0 Å². The van der Waals surface area contributed by atoms with Gasteiger partial charge in [-0.25, -0.2) is 4.98 Å². The first-order valence-electron chi connectivity index (χ1n) is 6.74. The number of morpholine rings is 1. The van der Waals surface area contributed by atoms with Gasteiger partial charge in [-0.3, -0.25) is 4.90 Å². The van der Waals surface area contributed by atoms with E-state index in [0.29, 0.717) is 12.4 Å². The maximum Gasteiger partial charge on any atom is 0.115 e. The number of hydrogen-bond acceptors (Lipinski definition) is 5. The SMILES string of the molecule is Cc1csc(C2COCCN2Cc2cccc(O)c2)n1. The second-order valence-electron chi connectivity index (χ2n) is 5.06. The quantitative estimate of drug-likeness (QED) is 0.944. The fourth-order valence-corrected chi connectivity index (χ4v) is 3.38. The summed E-state index contributed by atoms with van der Waals surface area (Å²) in [5, 5.41) is 12.8. The van der Waals surface area contributed by atoms with E-state index in [1.54, 1.807) is 17.4 Å². The Morgan fingerprint density at radius 2 is 2.40 bits per heavy atom. The molecule has 106 valence electrons. The van der Waals surface area contributed by atoms with Gasteiger partial charge >= 0.3 is 0 Å². The van der Waals surface area contributed by atoms with Crippen LogP contribution in [0, 0.1) is 6.92 Å². The molecule has 1 saturated heterocycles. The summed E-state index contributed by atoms with van der Waals surface area (Å²) in [6, 6.07) is 7.65. The number of aromatic hydroxyl groups is 1. The summed E-state index contributed by atoms with van der Waals surface area (Å²) in [6.07, 6.45) is 0. The largest absolute Gasteiger partial charge is 0.508 e. The molecule has 2 heterocycles. The number of phenolic OH excluding ortho intramolecular Hbond substituents is 1. The van der Waals surface area contributed by atoms with Crippen LogP contribution in [-0.2, 0) is 11.3 Å². The normalized spacial score (nSPS) is 20.1. The van der Waals surface area contributed by atoms with E-state index in [2.05, 4.69) is 15.3 Å². The molecule has 5 heteroatoms. The summed E-state index contributed by atoms with van der Waals surface area (Å²) in [4.78, 5) is 6.96. The molecule has 0 spiro atoms. The van der Waals surface area contributed by atoms with E-state index in [0.717, 1.165) is 36.0 Å². The Hall–Kier alpha value is -1.43. The van der Waals surface area contributed by atoms with Gasteiger partial charge in [0.1, 0.15) is 10.8 Å². The van der Waals surface area contributed by atoms with Crippen LogP contribution in [0.4, 0.5) is 0 Å². The molecule has 0 radical (unpaired) electrons. The van der Waals surface area contributed by atoms with Crippen LogP contribution >= 0.6 is 11.3 Å². The highest BCUT2D eigenvalue weighted by atomic mass is 32.1. The van der Waals surface area contributed by atoms with E-state index in [4.69, 9.17) is 4.74 Å². The van der Waals surface area contributed by atoms with Crippen molar-refractivity contribution in [2.45, 2.75) is 19.5 Å².